The molecule has 0 saturated carbocycles. The molecule has 0 spiro atoms. The molecule has 7 heteroatoms. The Hall–Kier alpha value is -0.300. The van der Waals surface area contributed by atoms with Crippen molar-refractivity contribution in [1.82, 2.24) is 9.71 Å². The van der Waals surface area contributed by atoms with Crippen LogP contribution in [-0.2, 0) is 10.0 Å². The number of rotatable bonds is 5. The van der Waals surface area contributed by atoms with Crippen molar-refractivity contribution < 1.29 is 8.42 Å². The summed E-state index contributed by atoms with van der Waals surface area (Å²) in [5.74, 6) is 0. The molecular weight excluding hydrogens is 268 g/mol. The van der Waals surface area contributed by atoms with Gasteiger partial charge in [-0.25, -0.2) is 18.1 Å². The third kappa shape index (κ3) is 3.62. The van der Waals surface area contributed by atoms with Gasteiger partial charge in [-0.2, -0.15) is 11.8 Å². The molecule has 1 rings (SSSR count). The number of halogens is 1. The first kappa shape index (κ1) is 13.8. The van der Waals surface area contributed by atoms with Crippen LogP contribution in [-0.4, -0.2) is 31.5 Å². The molecule has 0 aliphatic rings. The van der Waals surface area contributed by atoms with Gasteiger partial charge in [0.25, 0.3) is 0 Å². The summed E-state index contributed by atoms with van der Waals surface area (Å²) in [6, 6.07) is 2.97. The highest BCUT2D eigenvalue weighted by Gasteiger charge is 2.18. The number of thioether (sulfide) groups is 1. The van der Waals surface area contributed by atoms with Crippen molar-refractivity contribution in [3.8, 4) is 0 Å². The Labute approximate surface area is 105 Å². The summed E-state index contributed by atoms with van der Waals surface area (Å²) >= 11 is 7.31. The van der Waals surface area contributed by atoms with Gasteiger partial charge in [-0.1, -0.05) is 18.5 Å². The predicted octanol–water partition coefficient (Wildman–Crippen LogP) is 1.76. The Balaban J connectivity index is 2.83. The first-order valence-electron chi connectivity index (χ1n) is 4.60. The number of sulfonamides is 1. The molecule has 0 radical (unpaired) electrons. The van der Waals surface area contributed by atoms with E-state index in [1.165, 1.54) is 12.3 Å². The van der Waals surface area contributed by atoms with Crippen molar-refractivity contribution in [1.29, 1.82) is 0 Å². The summed E-state index contributed by atoms with van der Waals surface area (Å²) in [5, 5.41) is 0.206. The largest absolute Gasteiger partial charge is 0.243 e. The molecule has 16 heavy (non-hydrogen) atoms. The Morgan fingerprint density at radius 3 is 2.88 bits per heavy atom. The van der Waals surface area contributed by atoms with Crippen LogP contribution >= 0.6 is 23.4 Å². The summed E-state index contributed by atoms with van der Waals surface area (Å²) in [6.45, 7) is 2.31. The summed E-state index contributed by atoms with van der Waals surface area (Å²) in [5.41, 5.74) is 0. The number of pyridine rings is 1. The monoisotopic (exact) mass is 280 g/mol. The van der Waals surface area contributed by atoms with Crippen molar-refractivity contribution >= 4 is 33.4 Å². The van der Waals surface area contributed by atoms with Crippen LogP contribution in [0.4, 0.5) is 0 Å². The molecule has 0 saturated heterocycles. The van der Waals surface area contributed by atoms with Gasteiger partial charge >= 0.3 is 0 Å². The molecule has 0 fully saturated rings. The third-order valence-electron chi connectivity index (χ3n) is 1.98. The van der Waals surface area contributed by atoms with E-state index in [1.807, 2.05) is 13.2 Å². The van der Waals surface area contributed by atoms with E-state index < -0.39 is 10.0 Å². The zero-order valence-electron chi connectivity index (χ0n) is 8.97. The van der Waals surface area contributed by atoms with Crippen LogP contribution in [0.25, 0.3) is 0 Å². The number of hydrogen-bond acceptors (Lipinski definition) is 4. The molecule has 0 aliphatic carbocycles. The van der Waals surface area contributed by atoms with E-state index in [0.717, 1.165) is 0 Å². The molecule has 1 heterocycles. The molecule has 90 valence electrons. The van der Waals surface area contributed by atoms with Crippen molar-refractivity contribution in [2.75, 3.05) is 12.8 Å². The Kier molecular flexibility index (Phi) is 5.04. The maximum Gasteiger partial charge on any atom is 0.243 e. The average Bonchev–Trinajstić information content (AvgIpc) is 2.26. The minimum atomic E-state index is -3.55. The lowest BCUT2D eigenvalue weighted by Crippen LogP contribution is -2.29. The fraction of sp³-hybridized carbons (Fsp3) is 0.444. The lowest BCUT2D eigenvalue weighted by Gasteiger charge is -2.10. The lowest BCUT2D eigenvalue weighted by atomic mass is 10.5. The van der Waals surface area contributed by atoms with E-state index in [4.69, 9.17) is 11.6 Å². The van der Waals surface area contributed by atoms with Gasteiger partial charge in [-0.15, -0.1) is 0 Å². The number of aromatic nitrogens is 1. The normalized spacial score (nSPS) is 13.7. The van der Waals surface area contributed by atoms with Gasteiger partial charge in [0.05, 0.1) is 0 Å². The smallest absolute Gasteiger partial charge is 0.243 e. The second kappa shape index (κ2) is 5.86. The second-order valence-electron chi connectivity index (χ2n) is 3.19. The van der Waals surface area contributed by atoms with E-state index in [2.05, 4.69) is 9.71 Å². The molecule has 0 aromatic carbocycles. The molecule has 0 amide bonds. The van der Waals surface area contributed by atoms with Gasteiger partial charge in [0, 0.05) is 18.0 Å². The Morgan fingerprint density at radius 1 is 1.62 bits per heavy atom. The summed E-state index contributed by atoms with van der Waals surface area (Å²) < 4.78 is 26.2. The number of hydrogen-bond donors (Lipinski definition) is 1. The van der Waals surface area contributed by atoms with E-state index in [1.54, 1.807) is 17.8 Å². The van der Waals surface area contributed by atoms with Gasteiger partial charge in [-0.05, 0) is 18.4 Å². The topological polar surface area (TPSA) is 59.1 Å². The summed E-state index contributed by atoms with van der Waals surface area (Å²) in [6.07, 6.45) is 3.38. The molecule has 1 N–H and O–H groups in total. The van der Waals surface area contributed by atoms with Crippen molar-refractivity contribution in [2.45, 2.75) is 17.1 Å². The highest BCUT2D eigenvalue weighted by Crippen LogP contribution is 2.17. The zero-order chi connectivity index (χ0) is 12.2. The van der Waals surface area contributed by atoms with Gasteiger partial charge in [0.2, 0.25) is 10.0 Å². The molecule has 1 unspecified atom stereocenters. The number of nitrogens with zero attached hydrogens (tertiary/aromatic N) is 1. The molecule has 0 aliphatic heterocycles. The third-order valence-corrected chi connectivity index (χ3v) is 4.82. The average molecular weight is 281 g/mol. The van der Waals surface area contributed by atoms with Crippen LogP contribution in [0.15, 0.2) is 23.2 Å². The van der Waals surface area contributed by atoms with Crippen LogP contribution in [0.3, 0.4) is 0 Å². The maximum absolute atomic E-state index is 11.8. The Bertz CT molecular complexity index is 451. The van der Waals surface area contributed by atoms with Crippen LogP contribution in [0.2, 0.25) is 5.15 Å². The highest BCUT2D eigenvalue weighted by molar-refractivity contribution is 7.99. The lowest BCUT2D eigenvalue weighted by molar-refractivity contribution is 0.581. The molecule has 4 nitrogen and oxygen atoms in total. The molecule has 0 bridgehead atoms. The summed E-state index contributed by atoms with van der Waals surface area (Å²) in [7, 11) is -3.55. The SMILES string of the molecule is CSC(C)CNS(=O)(=O)c1cccnc1Cl. The van der Waals surface area contributed by atoms with E-state index in [-0.39, 0.29) is 15.3 Å². The number of nitrogens with one attached hydrogen (secondary N) is 1. The van der Waals surface area contributed by atoms with Gasteiger partial charge in [0.1, 0.15) is 10.0 Å². The first-order valence-corrected chi connectivity index (χ1v) is 7.75. The van der Waals surface area contributed by atoms with Crippen molar-refractivity contribution in [2.24, 2.45) is 0 Å². The standard InChI is InChI=1S/C9H13ClN2O2S2/c1-7(15-2)6-12-16(13,14)8-4-3-5-11-9(8)10/h3-5,7,12H,6H2,1-2H3. The zero-order valence-corrected chi connectivity index (χ0v) is 11.4. The van der Waals surface area contributed by atoms with Crippen LogP contribution in [0.1, 0.15) is 6.92 Å². The fourth-order valence-electron chi connectivity index (χ4n) is 0.960. The van der Waals surface area contributed by atoms with Gasteiger partial charge < -0.3 is 0 Å². The maximum atomic E-state index is 11.8. The quantitative estimate of drug-likeness (QED) is 0.835. The van der Waals surface area contributed by atoms with Gasteiger partial charge in [-0.3, -0.25) is 0 Å². The molecule has 1 aromatic heterocycles. The van der Waals surface area contributed by atoms with Gasteiger partial charge in [0.15, 0.2) is 0 Å². The van der Waals surface area contributed by atoms with Crippen LogP contribution in [0.5, 0.6) is 0 Å². The van der Waals surface area contributed by atoms with E-state index in [0.29, 0.717) is 6.54 Å². The molecule has 1 atom stereocenters. The first-order chi connectivity index (χ1) is 7.47. The van der Waals surface area contributed by atoms with Crippen LogP contribution in [0, 0.1) is 0 Å². The Morgan fingerprint density at radius 2 is 2.31 bits per heavy atom. The second-order valence-corrected chi connectivity index (χ2v) is 6.56. The minimum absolute atomic E-state index is 0.00759. The van der Waals surface area contributed by atoms with E-state index >= 15 is 0 Å². The summed E-state index contributed by atoms with van der Waals surface area (Å²) in [4.78, 5) is 3.75. The highest BCUT2D eigenvalue weighted by atomic mass is 35.5. The minimum Gasteiger partial charge on any atom is -0.243 e. The molecule has 1 aromatic rings. The van der Waals surface area contributed by atoms with Crippen molar-refractivity contribution in [3.05, 3.63) is 23.5 Å². The fourth-order valence-corrected chi connectivity index (χ4v) is 2.90. The predicted molar refractivity (Wildman–Crippen MR) is 67.4 cm³/mol. The van der Waals surface area contributed by atoms with Crippen molar-refractivity contribution in [3.63, 3.8) is 0 Å². The van der Waals surface area contributed by atoms with E-state index in [9.17, 15) is 8.42 Å². The van der Waals surface area contributed by atoms with Crippen LogP contribution < -0.4 is 4.72 Å². The molecular formula is C9H13ClN2O2S2.